The molecular formula is C35H47FN2O. The van der Waals surface area contributed by atoms with Gasteiger partial charge in [0.25, 0.3) is 0 Å². The van der Waals surface area contributed by atoms with E-state index in [1.54, 1.807) is 0 Å². The number of aromatic nitrogens is 2. The Bertz CT molecular complexity index is 1110. The van der Waals surface area contributed by atoms with E-state index in [0.717, 1.165) is 41.3 Å². The second-order valence-electron chi connectivity index (χ2n) is 11.4. The SMILES string of the molecule is CCCCCCCCC1Cc2ccc(-c3ncc(-c4ccc(OCC(F)CCCCCC)cc4)cn3)cc2C1. The maximum atomic E-state index is 14.1. The highest BCUT2D eigenvalue weighted by atomic mass is 19.1. The second kappa shape index (κ2) is 15.7. The van der Waals surface area contributed by atoms with E-state index in [1.165, 1.54) is 81.8 Å². The molecule has 1 aliphatic carbocycles. The van der Waals surface area contributed by atoms with Gasteiger partial charge in [0.05, 0.1) is 0 Å². The van der Waals surface area contributed by atoms with Crippen molar-refractivity contribution < 1.29 is 9.13 Å². The van der Waals surface area contributed by atoms with Gasteiger partial charge in [-0.25, -0.2) is 14.4 Å². The average molecular weight is 531 g/mol. The molecule has 0 aliphatic heterocycles. The molecule has 0 saturated carbocycles. The number of hydrogen-bond acceptors (Lipinski definition) is 3. The second-order valence-corrected chi connectivity index (χ2v) is 11.4. The fourth-order valence-electron chi connectivity index (χ4n) is 5.70. The number of hydrogen-bond donors (Lipinski definition) is 0. The van der Waals surface area contributed by atoms with Gasteiger partial charge in [-0.15, -0.1) is 0 Å². The van der Waals surface area contributed by atoms with Crippen LogP contribution in [0.3, 0.4) is 0 Å². The molecule has 1 aromatic heterocycles. The molecule has 0 radical (unpaired) electrons. The number of halogens is 1. The van der Waals surface area contributed by atoms with Crippen molar-refractivity contribution >= 4 is 0 Å². The third-order valence-electron chi connectivity index (χ3n) is 8.09. The maximum absolute atomic E-state index is 14.1. The molecule has 2 aromatic carbocycles. The van der Waals surface area contributed by atoms with Crippen molar-refractivity contribution in [2.24, 2.45) is 5.92 Å². The molecule has 0 fully saturated rings. The third-order valence-corrected chi connectivity index (χ3v) is 8.09. The quantitative estimate of drug-likeness (QED) is 0.163. The maximum Gasteiger partial charge on any atom is 0.159 e. The highest BCUT2D eigenvalue weighted by Gasteiger charge is 2.21. The summed E-state index contributed by atoms with van der Waals surface area (Å²) < 4.78 is 19.8. The minimum atomic E-state index is -0.909. The molecule has 0 spiro atoms. The van der Waals surface area contributed by atoms with Crippen molar-refractivity contribution in [2.75, 3.05) is 6.61 Å². The Kier molecular flexibility index (Phi) is 11.8. The van der Waals surface area contributed by atoms with Crippen molar-refractivity contribution in [1.82, 2.24) is 9.97 Å². The van der Waals surface area contributed by atoms with Gasteiger partial charge >= 0.3 is 0 Å². The van der Waals surface area contributed by atoms with Crippen LogP contribution in [0.15, 0.2) is 54.9 Å². The Morgan fingerprint density at radius 1 is 0.744 bits per heavy atom. The van der Waals surface area contributed by atoms with Crippen LogP contribution in [0, 0.1) is 5.92 Å². The van der Waals surface area contributed by atoms with Crippen LogP contribution in [0.4, 0.5) is 4.39 Å². The summed E-state index contributed by atoms with van der Waals surface area (Å²) in [5.74, 6) is 2.26. The van der Waals surface area contributed by atoms with E-state index in [-0.39, 0.29) is 6.61 Å². The first-order valence-corrected chi connectivity index (χ1v) is 15.5. The third kappa shape index (κ3) is 9.15. The van der Waals surface area contributed by atoms with Gasteiger partial charge in [0, 0.05) is 23.5 Å². The fraction of sp³-hybridized carbons (Fsp3) is 0.543. The van der Waals surface area contributed by atoms with Crippen LogP contribution in [0.25, 0.3) is 22.5 Å². The summed E-state index contributed by atoms with van der Waals surface area (Å²) in [5, 5.41) is 0. The molecule has 4 heteroatoms. The molecule has 0 N–H and O–H groups in total. The van der Waals surface area contributed by atoms with Crippen LogP contribution in [-0.2, 0) is 12.8 Å². The van der Waals surface area contributed by atoms with Gasteiger partial charge in [-0.05, 0) is 66.5 Å². The highest BCUT2D eigenvalue weighted by molar-refractivity contribution is 5.65. The van der Waals surface area contributed by atoms with Crippen LogP contribution < -0.4 is 4.74 Å². The first kappa shape index (κ1) is 29.2. The molecule has 4 rings (SSSR count). The summed E-state index contributed by atoms with van der Waals surface area (Å²) in [6.45, 7) is 4.56. The van der Waals surface area contributed by atoms with Crippen LogP contribution >= 0.6 is 0 Å². The van der Waals surface area contributed by atoms with Crippen LogP contribution in [-0.4, -0.2) is 22.7 Å². The number of benzene rings is 2. The van der Waals surface area contributed by atoms with Crippen LogP contribution in [0.2, 0.25) is 0 Å². The lowest BCUT2D eigenvalue weighted by molar-refractivity contribution is 0.184. The van der Waals surface area contributed by atoms with E-state index in [9.17, 15) is 4.39 Å². The van der Waals surface area contributed by atoms with Gasteiger partial charge in [0.2, 0.25) is 0 Å². The van der Waals surface area contributed by atoms with E-state index in [1.807, 2.05) is 36.7 Å². The predicted molar refractivity (Wildman–Crippen MR) is 161 cm³/mol. The zero-order chi connectivity index (χ0) is 27.3. The number of nitrogens with zero attached hydrogens (tertiary/aromatic N) is 2. The highest BCUT2D eigenvalue weighted by Crippen LogP contribution is 2.33. The minimum Gasteiger partial charge on any atom is -0.491 e. The molecule has 3 aromatic rings. The fourth-order valence-corrected chi connectivity index (χ4v) is 5.70. The molecule has 39 heavy (non-hydrogen) atoms. The summed E-state index contributed by atoms with van der Waals surface area (Å²) in [4.78, 5) is 9.37. The molecule has 0 amide bonds. The largest absolute Gasteiger partial charge is 0.491 e. The molecule has 1 aliphatic rings. The molecular weight excluding hydrogens is 483 g/mol. The van der Waals surface area contributed by atoms with Crippen molar-refractivity contribution in [1.29, 1.82) is 0 Å². The first-order chi connectivity index (χ1) is 19.2. The summed E-state index contributed by atoms with van der Waals surface area (Å²) in [7, 11) is 0. The Morgan fingerprint density at radius 3 is 2.13 bits per heavy atom. The molecule has 3 nitrogen and oxygen atoms in total. The number of fused-ring (bicyclic) bond motifs is 1. The molecule has 1 heterocycles. The van der Waals surface area contributed by atoms with Crippen molar-refractivity contribution in [3.05, 3.63) is 66.0 Å². The number of ether oxygens (including phenoxy) is 1. The summed E-state index contributed by atoms with van der Waals surface area (Å²) in [5.41, 5.74) is 6.06. The van der Waals surface area contributed by atoms with Gasteiger partial charge in [-0.3, -0.25) is 0 Å². The van der Waals surface area contributed by atoms with E-state index < -0.39 is 6.17 Å². The lowest BCUT2D eigenvalue weighted by atomic mass is 9.97. The first-order valence-electron chi connectivity index (χ1n) is 15.5. The van der Waals surface area contributed by atoms with Crippen molar-refractivity contribution in [2.45, 2.75) is 110 Å². The van der Waals surface area contributed by atoms with E-state index in [4.69, 9.17) is 4.74 Å². The number of alkyl halides is 1. The Hall–Kier alpha value is -2.75. The lowest BCUT2D eigenvalue weighted by Gasteiger charge is -2.11. The minimum absolute atomic E-state index is 0.115. The van der Waals surface area contributed by atoms with Crippen LogP contribution in [0.5, 0.6) is 5.75 Å². The van der Waals surface area contributed by atoms with E-state index >= 15 is 0 Å². The topological polar surface area (TPSA) is 35.0 Å². The molecule has 210 valence electrons. The number of unbranched alkanes of at least 4 members (excludes halogenated alkanes) is 8. The zero-order valence-corrected chi connectivity index (χ0v) is 24.1. The van der Waals surface area contributed by atoms with Crippen LogP contribution in [0.1, 0.15) is 102 Å². The predicted octanol–water partition coefficient (Wildman–Crippen LogP) is 9.96. The molecule has 2 atom stereocenters. The van der Waals surface area contributed by atoms with Gasteiger partial charge in [0.1, 0.15) is 18.5 Å². The van der Waals surface area contributed by atoms with E-state index in [0.29, 0.717) is 12.2 Å². The molecule has 0 bridgehead atoms. The summed E-state index contributed by atoms with van der Waals surface area (Å²) >= 11 is 0. The molecule has 0 saturated heterocycles. The summed E-state index contributed by atoms with van der Waals surface area (Å²) in [6, 6.07) is 14.5. The van der Waals surface area contributed by atoms with Gasteiger partial charge in [0.15, 0.2) is 5.82 Å². The average Bonchev–Trinajstić information content (AvgIpc) is 3.38. The normalized spacial score (nSPS) is 15.3. The smallest absolute Gasteiger partial charge is 0.159 e. The van der Waals surface area contributed by atoms with Gasteiger partial charge in [-0.2, -0.15) is 0 Å². The Balaban J connectivity index is 1.25. The molecule has 2 unspecified atom stereocenters. The monoisotopic (exact) mass is 530 g/mol. The standard InChI is InChI=1S/C35H47FN2O/c1-3-5-7-9-10-11-13-27-21-29-15-16-30(23-31(29)22-27)35-37-24-32(25-38-35)28-17-19-34(20-18-28)39-26-33(36)14-12-8-6-4-2/h15-20,23-25,27,33H,3-14,21-22,26H2,1-2H3. The van der Waals surface area contributed by atoms with E-state index in [2.05, 4.69) is 42.0 Å². The van der Waals surface area contributed by atoms with Crippen molar-refractivity contribution in [3.8, 4) is 28.3 Å². The lowest BCUT2D eigenvalue weighted by Crippen LogP contribution is -2.12. The van der Waals surface area contributed by atoms with Crippen molar-refractivity contribution in [3.63, 3.8) is 0 Å². The van der Waals surface area contributed by atoms with Gasteiger partial charge < -0.3 is 4.74 Å². The van der Waals surface area contributed by atoms with Gasteiger partial charge in [-0.1, -0.05) is 102 Å². The Labute approximate surface area is 235 Å². The number of rotatable bonds is 17. The zero-order valence-electron chi connectivity index (χ0n) is 24.1. The summed E-state index contributed by atoms with van der Waals surface area (Å²) in [6.07, 6.45) is 19.8. The Morgan fingerprint density at radius 2 is 1.38 bits per heavy atom.